The maximum atomic E-state index is 13.3. The van der Waals surface area contributed by atoms with Gasteiger partial charge in [-0.1, -0.05) is 58.4 Å². The van der Waals surface area contributed by atoms with Crippen molar-refractivity contribution in [1.29, 1.82) is 0 Å². The quantitative estimate of drug-likeness (QED) is 0.559. The van der Waals surface area contributed by atoms with Crippen molar-refractivity contribution in [2.75, 3.05) is 10.2 Å². The van der Waals surface area contributed by atoms with Crippen LogP contribution in [-0.4, -0.2) is 11.9 Å². The van der Waals surface area contributed by atoms with Gasteiger partial charge < -0.3 is 10.2 Å². The molecule has 0 saturated carbocycles. The topological polar surface area (TPSA) is 32.3 Å². The number of benzene rings is 3. The van der Waals surface area contributed by atoms with Crippen LogP contribution in [0.15, 0.2) is 83.3 Å². The Hall–Kier alpha value is -2.59. The number of nitrogens with zero attached hydrogens (tertiary/aromatic N) is 1. The average molecular weight is 421 g/mol. The van der Waals surface area contributed by atoms with Crippen LogP contribution in [0.4, 0.5) is 11.4 Å². The zero-order chi connectivity index (χ0) is 18.8. The Morgan fingerprint density at radius 3 is 2.52 bits per heavy atom. The molecular weight excluding hydrogens is 400 g/mol. The SMILES string of the molecule is C[C@@H]1C[C@H](Nc2ccccc2)c2ccccc2N1C(=O)c1cccc(Br)c1. The van der Waals surface area contributed by atoms with Crippen molar-refractivity contribution in [2.24, 2.45) is 0 Å². The summed E-state index contributed by atoms with van der Waals surface area (Å²) >= 11 is 3.47. The molecule has 2 atom stereocenters. The lowest BCUT2D eigenvalue weighted by Gasteiger charge is -2.40. The van der Waals surface area contributed by atoms with Crippen molar-refractivity contribution in [1.82, 2.24) is 0 Å². The second-order valence-corrected chi connectivity index (χ2v) is 7.81. The Bertz CT molecular complexity index is 957. The lowest BCUT2D eigenvalue weighted by molar-refractivity contribution is 0.0974. The summed E-state index contributed by atoms with van der Waals surface area (Å²) in [4.78, 5) is 15.2. The van der Waals surface area contributed by atoms with E-state index in [1.54, 1.807) is 0 Å². The molecule has 4 rings (SSSR count). The lowest BCUT2D eigenvalue weighted by Crippen LogP contribution is -2.44. The zero-order valence-corrected chi connectivity index (χ0v) is 16.7. The maximum Gasteiger partial charge on any atom is 0.258 e. The molecule has 1 aliphatic heterocycles. The molecule has 1 heterocycles. The lowest BCUT2D eigenvalue weighted by atomic mass is 9.90. The predicted molar refractivity (Wildman–Crippen MR) is 114 cm³/mol. The van der Waals surface area contributed by atoms with E-state index < -0.39 is 0 Å². The number of hydrogen-bond donors (Lipinski definition) is 1. The molecule has 4 heteroatoms. The van der Waals surface area contributed by atoms with Gasteiger partial charge in [0, 0.05) is 27.5 Å². The molecular formula is C23H21BrN2O. The predicted octanol–water partition coefficient (Wildman–Crippen LogP) is 6.04. The molecule has 3 nitrogen and oxygen atoms in total. The van der Waals surface area contributed by atoms with Gasteiger partial charge in [-0.05, 0) is 55.3 Å². The summed E-state index contributed by atoms with van der Waals surface area (Å²) < 4.78 is 0.912. The Morgan fingerprint density at radius 1 is 1.00 bits per heavy atom. The Morgan fingerprint density at radius 2 is 1.74 bits per heavy atom. The second-order valence-electron chi connectivity index (χ2n) is 6.89. The molecule has 1 N–H and O–H groups in total. The standard InChI is InChI=1S/C23H21BrN2O/c1-16-14-21(25-19-10-3-2-4-11-19)20-12-5-6-13-22(20)26(16)23(27)17-8-7-9-18(24)15-17/h2-13,15-16,21,25H,14H2,1H3/t16-,21+/m1/s1. The highest BCUT2D eigenvalue weighted by molar-refractivity contribution is 9.10. The number of carbonyl (C=O) groups is 1. The van der Waals surface area contributed by atoms with Crippen molar-refractivity contribution in [3.05, 3.63) is 94.5 Å². The third-order valence-corrected chi connectivity index (χ3v) is 5.49. The van der Waals surface area contributed by atoms with Gasteiger partial charge in [0.2, 0.25) is 0 Å². The van der Waals surface area contributed by atoms with Crippen molar-refractivity contribution in [2.45, 2.75) is 25.4 Å². The number of halogens is 1. The van der Waals surface area contributed by atoms with Gasteiger partial charge in [0.05, 0.1) is 6.04 Å². The first-order valence-corrected chi connectivity index (χ1v) is 9.92. The number of fused-ring (bicyclic) bond motifs is 1. The maximum absolute atomic E-state index is 13.3. The Labute approximate surface area is 168 Å². The van der Waals surface area contributed by atoms with Crippen LogP contribution in [0.25, 0.3) is 0 Å². The van der Waals surface area contributed by atoms with Crippen LogP contribution in [0.5, 0.6) is 0 Å². The number of amides is 1. The highest BCUT2D eigenvalue weighted by atomic mass is 79.9. The van der Waals surface area contributed by atoms with Crippen LogP contribution in [0.2, 0.25) is 0 Å². The zero-order valence-electron chi connectivity index (χ0n) is 15.1. The normalized spacial score (nSPS) is 18.7. The summed E-state index contributed by atoms with van der Waals surface area (Å²) in [7, 11) is 0. The minimum Gasteiger partial charge on any atom is -0.378 e. The van der Waals surface area contributed by atoms with Gasteiger partial charge in [0.1, 0.15) is 0 Å². The van der Waals surface area contributed by atoms with Crippen molar-refractivity contribution in [3.8, 4) is 0 Å². The van der Waals surface area contributed by atoms with Gasteiger partial charge in [-0.2, -0.15) is 0 Å². The van der Waals surface area contributed by atoms with Crippen LogP contribution in [0, 0.1) is 0 Å². The smallest absolute Gasteiger partial charge is 0.258 e. The molecule has 0 unspecified atom stereocenters. The van der Waals surface area contributed by atoms with Crippen molar-refractivity contribution >= 4 is 33.2 Å². The number of rotatable bonds is 3. The first-order valence-electron chi connectivity index (χ1n) is 9.13. The minimum atomic E-state index is 0.0365. The summed E-state index contributed by atoms with van der Waals surface area (Å²) in [6.07, 6.45) is 0.853. The molecule has 0 saturated heterocycles. The van der Waals surface area contributed by atoms with E-state index in [1.165, 1.54) is 0 Å². The number of para-hydroxylation sites is 2. The number of anilines is 2. The van der Waals surface area contributed by atoms with Crippen molar-refractivity contribution in [3.63, 3.8) is 0 Å². The number of hydrogen-bond acceptors (Lipinski definition) is 2. The summed E-state index contributed by atoms with van der Waals surface area (Å²) in [5.74, 6) is 0.0365. The molecule has 1 aliphatic rings. The fraction of sp³-hybridized carbons (Fsp3) is 0.174. The highest BCUT2D eigenvalue weighted by Gasteiger charge is 2.34. The second kappa shape index (κ2) is 7.57. The van der Waals surface area contributed by atoms with E-state index in [2.05, 4.69) is 46.4 Å². The van der Waals surface area contributed by atoms with Gasteiger partial charge in [-0.25, -0.2) is 0 Å². The fourth-order valence-corrected chi connectivity index (χ4v) is 4.15. The Balaban J connectivity index is 1.70. The fourth-order valence-electron chi connectivity index (χ4n) is 3.75. The molecule has 27 heavy (non-hydrogen) atoms. The largest absolute Gasteiger partial charge is 0.378 e. The van der Waals surface area contributed by atoms with Gasteiger partial charge in [0.25, 0.3) is 5.91 Å². The molecule has 0 aromatic heterocycles. The first-order chi connectivity index (χ1) is 13.1. The van der Waals surface area contributed by atoms with E-state index >= 15 is 0 Å². The van der Waals surface area contributed by atoms with Crippen LogP contribution in [0.3, 0.4) is 0 Å². The molecule has 3 aromatic carbocycles. The van der Waals surface area contributed by atoms with Crippen LogP contribution >= 0.6 is 15.9 Å². The third-order valence-electron chi connectivity index (χ3n) is 4.99. The van der Waals surface area contributed by atoms with E-state index in [-0.39, 0.29) is 18.0 Å². The molecule has 1 amide bonds. The van der Waals surface area contributed by atoms with E-state index in [0.29, 0.717) is 5.56 Å². The third kappa shape index (κ3) is 3.62. The first kappa shape index (κ1) is 17.8. The summed E-state index contributed by atoms with van der Waals surface area (Å²) in [6, 6.07) is 26.3. The van der Waals surface area contributed by atoms with Crippen LogP contribution in [-0.2, 0) is 0 Å². The molecule has 0 radical (unpaired) electrons. The summed E-state index contributed by atoms with van der Waals surface area (Å²) in [5.41, 5.74) is 3.93. The van der Waals surface area contributed by atoms with Crippen LogP contribution in [0.1, 0.15) is 35.3 Å². The molecule has 0 aliphatic carbocycles. The van der Waals surface area contributed by atoms with E-state index in [9.17, 15) is 4.79 Å². The summed E-state index contributed by atoms with van der Waals surface area (Å²) in [6.45, 7) is 2.12. The average Bonchev–Trinajstić information content (AvgIpc) is 2.68. The molecule has 136 valence electrons. The number of nitrogens with one attached hydrogen (secondary N) is 1. The Kier molecular flexibility index (Phi) is 4.99. The van der Waals surface area contributed by atoms with Crippen LogP contribution < -0.4 is 10.2 Å². The van der Waals surface area contributed by atoms with Gasteiger partial charge in [0.15, 0.2) is 0 Å². The van der Waals surface area contributed by atoms with E-state index in [1.807, 2.05) is 65.6 Å². The molecule has 0 fully saturated rings. The monoisotopic (exact) mass is 420 g/mol. The van der Waals surface area contributed by atoms with Crippen molar-refractivity contribution < 1.29 is 4.79 Å². The molecule has 3 aromatic rings. The van der Waals surface area contributed by atoms with Gasteiger partial charge in [-0.15, -0.1) is 0 Å². The van der Waals surface area contributed by atoms with E-state index in [4.69, 9.17) is 0 Å². The highest BCUT2D eigenvalue weighted by Crippen LogP contribution is 2.39. The molecule has 0 spiro atoms. The van der Waals surface area contributed by atoms with Gasteiger partial charge in [-0.3, -0.25) is 4.79 Å². The summed E-state index contributed by atoms with van der Waals surface area (Å²) in [5, 5.41) is 3.63. The number of carbonyl (C=O) groups excluding carboxylic acids is 1. The van der Waals surface area contributed by atoms with Gasteiger partial charge >= 0.3 is 0 Å². The molecule has 0 bridgehead atoms. The van der Waals surface area contributed by atoms with E-state index in [0.717, 1.165) is 27.8 Å². The minimum absolute atomic E-state index is 0.0365.